The van der Waals surface area contributed by atoms with Crippen LogP contribution in [0, 0.1) is 0 Å². The Balaban J connectivity index is 2.14. The van der Waals surface area contributed by atoms with E-state index in [4.69, 9.17) is 9.47 Å². The minimum Gasteiger partial charge on any atom is -0.497 e. The zero-order chi connectivity index (χ0) is 13.0. The first-order valence-electron chi connectivity index (χ1n) is 5.54. The maximum absolute atomic E-state index is 5.29. The molecule has 0 unspecified atom stereocenters. The molecule has 6 nitrogen and oxygen atoms in total. The third-order valence-corrected chi connectivity index (χ3v) is 2.67. The molecule has 0 atom stereocenters. The normalized spacial score (nSPS) is 10.2. The van der Waals surface area contributed by atoms with Crippen LogP contribution in [0.25, 0.3) is 0 Å². The van der Waals surface area contributed by atoms with Gasteiger partial charge in [-0.05, 0) is 12.1 Å². The summed E-state index contributed by atoms with van der Waals surface area (Å²) in [5.41, 5.74) is 1.86. The van der Waals surface area contributed by atoms with Crippen LogP contribution in [-0.2, 0) is 13.6 Å². The van der Waals surface area contributed by atoms with Crippen molar-refractivity contribution in [1.29, 1.82) is 0 Å². The highest BCUT2D eigenvalue weighted by molar-refractivity contribution is 5.59. The van der Waals surface area contributed by atoms with Crippen molar-refractivity contribution in [3.8, 4) is 11.5 Å². The van der Waals surface area contributed by atoms with Crippen LogP contribution in [0.1, 0.15) is 5.69 Å². The summed E-state index contributed by atoms with van der Waals surface area (Å²) in [5, 5.41) is 11.0. The van der Waals surface area contributed by atoms with E-state index in [0.29, 0.717) is 6.54 Å². The van der Waals surface area contributed by atoms with Crippen molar-refractivity contribution < 1.29 is 9.47 Å². The van der Waals surface area contributed by atoms with Crippen LogP contribution in [0.4, 0.5) is 5.69 Å². The molecule has 1 heterocycles. The molecule has 0 fully saturated rings. The van der Waals surface area contributed by atoms with E-state index in [1.165, 1.54) is 0 Å². The summed E-state index contributed by atoms with van der Waals surface area (Å²) in [4.78, 5) is 0. The molecule has 6 heteroatoms. The predicted octanol–water partition coefficient (Wildman–Crippen LogP) is 1.44. The fourth-order valence-corrected chi connectivity index (χ4v) is 1.61. The molecule has 1 N–H and O–H groups in total. The minimum absolute atomic E-state index is 0.618. The summed E-state index contributed by atoms with van der Waals surface area (Å²) in [6.07, 6.45) is 1.72. The summed E-state index contributed by atoms with van der Waals surface area (Å²) >= 11 is 0. The quantitative estimate of drug-likeness (QED) is 0.867. The van der Waals surface area contributed by atoms with Crippen molar-refractivity contribution >= 4 is 5.69 Å². The van der Waals surface area contributed by atoms with Crippen LogP contribution < -0.4 is 14.8 Å². The first kappa shape index (κ1) is 12.2. The van der Waals surface area contributed by atoms with E-state index in [1.54, 1.807) is 25.1 Å². The Morgan fingerprint density at radius 2 is 2.11 bits per heavy atom. The standard InChI is InChI=1S/C12H16N4O2/c1-16-9(8-14-15-16)7-13-11-6-10(17-2)4-5-12(11)18-3/h4-6,8,13H,7H2,1-3H3. The van der Waals surface area contributed by atoms with E-state index < -0.39 is 0 Å². The van der Waals surface area contributed by atoms with Crippen LogP contribution in [0.3, 0.4) is 0 Å². The maximum atomic E-state index is 5.29. The molecule has 96 valence electrons. The molecule has 0 aliphatic rings. The van der Waals surface area contributed by atoms with Crippen LogP contribution in [0.15, 0.2) is 24.4 Å². The lowest BCUT2D eigenvalue weighted by molar-refractivity contribution is 0.404. The van der Waals surface area contributed by atoms with Crippen molar-refractivity contribution in [2.45, 2.75) is 6.54 Å². The van der Waals surface area contributed by atoms with E-state index in [9.17, 15) is 0 Å². The number of benzene rings is 1. The number of ether oxygens (including phenoxy) is 2. The number of aromatic nitrogens is 3. The highest BCUT2D eigenvalue weighted by atomic mass is 16.5. The van der Waals surface area contributed by atoms with Crippen molar-refractivity contribution in [2.75, 3.05) is 19.5 Å². The maximum Gasteiger partial charge on any atom is 0.142 e. The van der Waals surface area contributed by atoms with Gasteiger partial charge in [-0.1, -0.05) is 5.21 Å². The van der Waals surface area contributed by atoms with Gasteiger partial charge in [-0.15, -0.1) is 5.10 Å². The highest BCUT2D eigenvalue weighted by Crippen LogP contribution is 2.29. The topological polar surface area (TPSA) is 61.2 Å². The third-order valence-electron chi connectivity index (χ3n) is 2.67. The van der Waals surface area contributed by atoms with Crippen LogP contribution in [-0.4, -0.2) is 29.2 Å². The van der Waals surface area contributed by atoms with Gasteiger partial charge in [0.2, 0.25) is 0 Å². The number of hydrogen-bond acceptors (Lipinski definition) is 5. The molecule has 0 saturated heterocycles. The fourth-order valence-electron chi connectivity index (χ4n) is 1.61. The second-order valence-electron chi connectivity index (χ2n) is 3.77. The first-order chi connectivity index (χ1) is 8.74. The summed E-state index contributed by atoms with van der Waals surface area (Å²) in [6, 6.07) is 5.61. The average Bonchev–Trinajstić information content (AvgIpc) is 2.81. The molecule has 0 spiro atoms. The van der Waals surface area contributed by atoms with E-state index in [1.807, 2.05) is 25.2 Å². The molecule has 2 rings (SSSR count). The first-order valence-corrected chi connectivity index (χ1v) is 5.54. The van der Waals surface area contributed by atoms with E-state index in [-0.39, 0.29) is 0 Å². The van der Waals surface area contributed by atoms with Gasteiger partial charge in [0, 0.05) is 13.1 Å². The van der Waals surface area contributed by atoms with Crippen LogP contribution in [0.5, 0.6) is 11.5 Å². The van der Waals surface area contributed by atoms with Gasteiger partial charge < -0.3 is 14.8 Å². The van der Waals surface area contributed by atoms with Gasteiger partial charge in [0.25, 0.3) is 0 Å². The Labute approximate surface area is 106 Å². The lowest BCUT2D eigenvalue weighted by Crippen LogP contribution is -2.06. The molecule has 0 aliphatic heterocycles. The molecular weight excluding hydrogens is 232 g/mol. The summed E-state index contributed by atoms with van der Waals surface area (Å²) in [6.45, 7) is 0.618. The van der Waals surface area contributed by atoms with E-state index in [0.717, 1.165) is 22.9 Å². The number of aryl methyl sites for hydroxylation is 1. The number of nitrogens with zero attached hydrogens (tertiary/aromatic N) is 3. The monoisotopic (exact) mass is 248 g/mol. The van der Waals surface area contributed by atoms with Gasteiger partial charge in [-0.2, -0.15) is 0 Å². The minimum atomic E-state index is 0.618. The number of methoxy groups -OCH3 is 2. The number of nitrogens with one attached hydrogen (secondary N) is 1. The zero-order valence-corrected chi connectivity index (χ0v) is 10.7. The Hall–Kier alpha value is -2.24. The van der Waals surface area contributed by atoms with Crippen molar-refractivity contribution in [3.05, 3.63) is 30.1 Å². The Morgan fingerprint density at radius 1 is 1.28 bits per heavy atom. The van der Waals surface area contributed by atoms with Crippen LogP contribution in [0.2, 0.25) is 0 Å². The second-order valence-corrected chi connectivity index (χ2v) is 3.77. The zero-order valence-electron chi connectivity index (χ0n) is 10.7. The average molecular weight is 248 g/mol. The lowest BCUT2D eigenvalue weighted by Gasteiger charge is -2.12. The number of hydrogen-bond donors (Lipinski definition) is 1. The van der Waals surface area contributed by atoms with Gasteiger partial charge in [-0.25, -0.2) is 0 Å². The van der Waals surface area contributed by atoms with E-state index in [2.05, 4.69) is 15.6 Å². The number of rotatable bonds is 5. The number of anilines is 1. The second kappa shape index (κ2) is 5.39. The highest BCUT2D eigenvalue weighted by Gasteiger charge is 2.06. The Morgan fingerprint density at radius 3 is 2.72 bits per heavy atom. The molecule has 0 bridgehead atoms. The van der Waals surface area contributed by atoms with Crippen molar-refractivity contribution in [2.24, 2.45) is 7.05 Å². The summed E-state index contributed by atoms with van der Waals surface area (Å²) in [5.74, 6) is 1.55. The summed E-state index contributed by atoms with van der Waals surface area (Å²) in [7, 11) is 5.13. The molecular formula is C12H16N4O2. The smallest absolute Gasteiger partial charge is 0.142 e. The van der Waals surface area contributed by atoms with Gasteiger partial charge in [0.05, 0.1) is 38.3 Å². The van der Waals surface area contributed by atoms with Gasteiger partial charge in [0.1, 0.15) is 11.5 Å². The molecule has 0 amide bonds. The fraction of sp³-hybridized carbons (Fsp3) is 0.333. The molecule has 18 heavy (non-hydrogen) atoms. The Bertz CT molecular complexity index is 525. The molecule has 2 aromatic rings. The molecule has 1 aromatic carbocycles. The molecule has 0 aliphatic carbocycles. The van der Waals surface area contributed by atoms with E-state index >= 15 is 0 Å². The predicted molar refractivity (Wildman–Crippen MR) is 67.9 cm³/mol. The van der Waals surface area contributed by atoms with Crippen molar-refractivity contribution in [3.63, 3.8) is 0 Å². The lowest BCUT2D eigenvalue weighted by atomic mass is 10.2. The largest absolute Gasteiger partial charge is 0.497 e. The van der Waals surface area contributed by atoms with Crippen LogP contribution >= 0.6 is 0 Å². The SMILES string of the molecule is COc1ccc(OC)c(NCc2cnnn2C)c1. The van der Waals surface area contributed by atoms with Gasteiger partial charge in [-0.3, -0.25) is 4.68 Å². The Kier molecular flexibility index (Phi) is 3.66. The van der Waals surface area contributed by atoms with Gasteiger partial charge in [0.15, 0.2) is 0 Å². The third kappa shape index (κ3) is 2.53. The molecule has 1 aromatic heterocycles. The summed E-state index contributed by atoms with van der Waals surface area (Å²) < 4.78 is 12.2. The van der Waals surface area contributed by atoms with Gasteiger partial charge >= 0.3 is 0 Å². The molecule has 0 saturated carbocycles. The molecule has 0 radical (unpaired) electrons. The van der Waals surface area contributed by atoms with Crippen molar-refractivity contribution in [1.82, 2.24) is 15.0 Å².